The Morgan fingerprint density at radius 3 is 1.56 bits per heavy atom. The van der Waals surface area contributed by atoms with Crippen molar-refractivity contribution in [3.63, 3.8) is 0 Å². The van der Waals surface area contributed by atoms with Crippen LogP contribution in [0, 0.1) is 13.8 Å². The van der Waals surface area contributed by atoms with Crippen LogP contribution in [0.1, 0.15) is 126 Å². The van der Waals surface area contributed by atoms with Gasteiger partial charge in [-0.3, -0.25) is 4.57 Å². The second-order valence-electron chi connectivity index (χ2n) is 10.1. The number of hydrogen-bond donors (Lipinski definition) is 0. The predicted octanol–water partition coefficient (Wildman–Crippen LogP) is 11.2. The molecule has 0 radical (unpaired) electrons. The highest BCUT2D eigenvalue weighted by Gasteiger charge is 2.33. The minimum Gasteiger partial charge on any atom is -0.305 e. The molecule has 0 aliphatic heterocycles. The van der Waals surface area contributed by atoms with Crippen molar-refractivity contribution < 1.29 is 13.6 Å². The molecule has 3 nitrogen and oxygen atoms in total. The van der Waals surface area contributed by atoms with Crippen LogP contribution >= 0.6 is 30.3 Å². The van der Waals surface area contributed by atoms with Crippen molar-refractivity contribution in [1.29, 1.82) is 0 Å². The molecule has 0 saturated heterocycles. The molecule has 206 valence electrons. The highest BCUT2D eigenvalue weighted by Crippen LogP contribution is 2.52. The SMILES string of the molecule is CCCCCCCCCCOP(=O)(OCCCCCCCCCC)c1cc(C)sc1-c1ccc(C)s1. The van der Waals surface area contributed by atoms with E-state index >= 15 is 0 Å². The van der Waals surface area contributed by atoms with Gasteiger partial charge in [-0.15, -0.1) is 22.7 Å². The van der Waals surface area contributed by atoms with Gasteiger partial charge >= 0.3 is 7.60 Å². The van der Waals surface area contributed by atoms with Gasteiger partial charge in [0.2, 0.25) is 0 Å². The Morgan fingerprint density at radius 1 is 0.639 bits per heavy atom. The lowest BCUT2D eigenvalue weighted by Crippen LogP contribution is -2.12. The van der Waals surface area contributed by atoms with Gasteiger partial charge in [0.1, 0.15) is 0 Å². The molecule has 0 aliphatic rings. The van der Waals surface area contributed by atoms with Gasteiger partial charge in [0.15, 0.2) is 0 Å². The molecule has 0 spiro atoms. The van der Waals surface area contributed by atoms with Gasteiger partial charge in [0.25, 0.3) is 0 Å². The molecule has 0 aliphatic carbocycles. The minimum atomic E-state index is -3.37. The minimum absolute atomic E-state index is 0.501. The first-order valence-corrected chi connectivity index (χ1v) is 17.7. The molecule has 2 aromatic rings. The standard InChI is InChI=1S/C30H51O3PS2/c1-5-7-9-11-13-15-17-19-23-32-34(31,33-24-20-18-16-14-12-10-8-6-2)28-25-27(4)36-30(28)29-22-21-26(3)35-29/h21-22,25H,5-20,23-24H2,1-4H3. The lowest BCUT2D eigenvalue weighted by molar-refractivity contribution is 0.206. The van der Waals surface area contributed by atoms with Crippen molar-refractivity contribution >= 4 is 35.6 Å². The summed E-state index contributed by atoms with van der Waals surface area (Å²) in [7, 11) is -3.37. The van der Waals surface area contributed by atoms with Gasteiger partial charge in [-0.05, 0) is 44.9 Å². The van der Waals surface area contributed by atoms with Gasteiger partial charge in [-0.2, -0.15) is 0 Å². The molecular weight excluding hydrogens is 503 g/mol. The second kappa shape index (κ2) is 18.7. The molecule has 0 fully saturated rings. The summed E-state index contributed by atoms with van der Waals surface area (Å²) in [6.07, 6.45) is 19.8. The van der Waals surface area contributed by atoms with E-state index in [1.807, 2.05) is 6.07 Å². The summed E-state index contributed by atoms with van der Waals surface area (Å²) in [6.45, 7) is 9.71. The van der Waals surface area contributed by atoms with Crippen LogP contribution in [0.4, 0.5) is 0 Å². The van der Waals surface area contributed by atoms with Crippen LogP contribution in [-0.4, -0.2) is 13.2 Å². The van der Waals surface area contributed by atoms with E-state index in [2.05, 4.69) is 39.8 Å². The molecule has 0 bridgehead atoms. The summed E-state index contributed by atoms with van der Waals surface area (Å²) >= 11 is 3.45. The summed E-state index contributed by atoms with van der Waals surface area (Å²) in [6, 6.07) is 6.31. The molecule has 0 N–H and O–H groups in total. The monoisotopic (exact) mass is 554 g/mol. The van der Waals surface area contributed by atoms with Crippen LogP contribution in [0.25, 0.3) is 9.75 Å². The number of thiophene rings is 2. The average molecular weight is 555 g/mol. The first-order valence-electron chi connectivity index (χ1n) is 14.6. The fraction of sp³-hybridized carbons (Fsp3) is 0.733. The number of unbranched alkanes of at least 4 members (excludes halogenated alkanes) is 14. The molecule has 0 unspecified atom stereocenters. The third-order valence-corrected chi connectivity index (χ3v) is 11.0. The van der Waals surface area contributed by atoms with Crippen LogP contribution in [0.5, 0.6) is 0 Å². The van der Waals surface area contributed by atoms with Gasteiger partial charge in [0, 0.05) is 14.6 Å². The van der Waals surface area contributed by atoms with Gasteiger partial charge in [-0.25, -0.2) is 0 Å². The molecule has 0 saturated carbocycles. The number of aryl methyl sites for hydroxylation is 2. The van der Waals surface area contributed by atoms with Crippen molar-refractivity contribution in [2.24, 2.45) is 0 Å². The predicted molar refractivity (Wildman–Crippen MR) is 161 cm³/mol. The lowest BCUT2D eigenvalue weighted by Gasteiger charge is -2.19. The van der Waals surface area contributed by atoms with Crippen molar-refractivity contribution in [3.8, 4) is 9.75 Å². The van der Waals surface area contributed by atoms with Crippen molar-refractivity contribution in [2.45, 2.75) is 130 Å². The quantitative estimate of drug-likeness (QED) is 0.107. The highest BCUT2D eigenvalue weighted by atomic mass is 32.1. The van der Waals surface area contributed by atoms with Gasteiger partial charge in [-0.1, -0.05) is 104 Å². The van der Waals surface area contributed by atoms with Gasteiger partial charge < -0.3 is 9.05 Å². The second-order valence-corrected chi connectivity index (χ2v) is 14.6. The van der Waals surface area contributed by atoms with Crippen LogP contribution in [-0.2, 0) is 13.6 Å². The van der Waals surface area contributed by atoms with E-state index in [9.17, 15) is 4.57 Å². The first-order chi connectivity index (χ1) is 17.5. The van der Waals surface area contributed by atoms with Crippen LogP contribution in [0.2, 0.25) is 0 Å². The Kier molecular flexibility index (Phi) is 16.5. The van der Waals surface area contributed by atoms with E-state index < -0.39 is 7.60 Å². The molecule has 2 aromatic heterocycles. The molecule has 6 heteroatoms. The Labute approximate surface area is 229 Å². The van der Waals surface area contributed by atoms with E-state index in [1.54, 1.807) is 22.7 Å². The fourth-order valence-electron chi connectivity index (χ4n) is 4.46. The third kappa shape index (κ3) is 11.9. The van der Waals surface area contributed by atoms with E-state index in [0.29, 0.717) is 13.2 Å². The maximum absolute atomic E-state index is 14.2. The number of hydrogen-bond acceptors (Lipinski definition) is 5. The van der Waals surface area contributed by atoms with Crippen molar-refractivity contribution in [2.75, 3.05) is 13.2 Å². The Balaban J connectivity index is 1.92. The Morgan fingerprint density at radius 2 is 1.11 bits per heavy atom. The Hall–Kier alpha value is -0.450. The topological polar surface area (TPSA) is 35.5 Å². The smallest absolute Gasteiger partial charge is 0.305 e. The van der Waals surface area contributed by atoms with E-state index in [-0.39, 0.29) is 0 Å². The molecule has 0 atom stereocenters. The van der Waals surface area contributed by atoms with E-state index in [4.69, 9.17) is 9.05 Å². The summed E-state index contributed by atoms with van der Waals surface area (Å²) in [5, 5.41) is 0.769. The largest absolute Gasteiger partial charge is 0.362 e. The maximum atomic E-state index is 14.2. The zero-order chi connectivity index (χ0) is 26.1. The Bertz CT molecular complexity index is 847. The molecule has 2 heterocycles. The zero-order valence-electron chi connectivity index (χ0n) is 23.4. The molecule has 0 amide bonds. The molecular formula is C30H51O3PS2. The molecule has 36 heavy (non-hydrogen) atoms. The molecule has 0 aromatic carbocycles. The third-order valence-electron chi connectivity index (χ3n) is 6.61. The van der Waals surface area contributed by atoms with Crippen LogP contribution in [0.3, 0.4) is 0 Å². The summed E-state index contributed by atoms with van der Waals surface area (Å²) < 4.78 is 26.5. The average Bonchev–Trinajstić information content (AvgIpc) is 3.47. The van der Waals surface area contributed by atoms with Crippen LogP contribution in [0.15, 0.2) is 18.2 Å². The zero-order valence-corrected chi connectivity index (χ0v) is 26.0. The summed E-state index contributed by atoms with van der Waals surface area (Å²) in [5.41, 5.74) is 0. The first kappa shape index (κ1) is 31.8. The normalized spacial score (nSPS) is 12.0. The van der Waals surface area contributed by atoms with E-state index in [0.717, 1.165) is 45.6 Å². The highest BCUT2D eigenvalue weighted by molar-refractivity contribution is 7.63. The summed E-state index contributed by atoms with van der Waals surface area (Å²) in [4.78, 5) is 4.63. The fourth-order valence-corrected chi connectivity index (χ4v) is 8.81. The van der Waals surface area contributed by atoms with E-state index in [1.165, 1.54) is 81.9 Å². The van der Waals surface area contributed by atoms with Crippen LogP contribution < -0.4 is 5.30 Å². The summed E-state index contributed by atoms with van der Waals surface area (Å²) in [5.74, 6) is 0. The van der Waals surface area contributed by atoms with Gasteiger partial charge in [0.05, 0.1) is 23.4 Å². The maximum Gasteiger partial charge on any atom is 0.362 e. The van der Waals surface area contributed by atoms with Crippen molar-refractivity contribution in [3.05, 3.63) is 28.0 Å². The van der Waals surface area contributed by atoms with Crippen molar-refractivity contribution in [1.82, 2.24) is 0 Å². The molecule has 2 rings (SSSR count). The number of rotatable bonds is 22. The lowest BCUT2D eigenvalue weighted by atomic mass is 10.1.